The van der Waals surface area contributed by atoms with Crippen molar-refractivity contribution in [2.75, 3.05) is 5.73 Å². The van der Waals surface area contributed by atoms with Gasteiger partial charge in [0.25, 0.3) is 0 Å². The maximum absolute atomic E-state index is 5.99. The molecule has 4 nitrogen and oxygen atoms in total. The van der Waals surface area contributed by atoms with Crippen molar-refractivity contribution in [1.82, 2.24) is 9.55 Å². The van der Waals surface area contributed by atoms with E-state index >= 15 is 0 Å². The second-order valence-electron chi connectivity index (χ2n) is 5.38. The lowest BCUT2D eigenvalue weighted by Gasteiger charge is -2.13. The fraction of sp³-hybridized carbons (Fsp3) is 0.111. The van der Waals surface area contributed by atoms with Gasteiger partial charge >= 0.3 is 0 Å². The molecule has 0 saturated heterocycles. The molecule has 1 aromatic heterocycles. The minimum Gasteiger partial charge on any atom is -0.382 e. The zero-order valence-electron chi connectivity index (χ0n) is 12.3. The zero-order chi connectivity index (χ0) is 15.1. The Morgan fingerprint density at radius 1 is 1.00 bits per heavy atom. The van der Waals surface area contributed by atoms with Crippen molar-refractivity contribution in [3.05, 3.63) is 77.2 Å². The van der Waals surface area contributed by atoms with Crippen molar-refractivity contribution >= 4 is 11.5 Å². The molecule has 2 heterocycles. The molecule has 1 aliphatic heterocycles. The van der Waals surface area contributed by atoms with Gasteiger partial charge in [0.05, 0.1) is 23.6 Å². The first-order chi connectivity index (χ1) is 10.8. The Morgan fingerprint density at radius 2 is 1.73 bits per heavy atom. The maximum atomic E-state index is 5.99. The molecule has 0 radical (unpaired) electrons. The van der Waals surface area contributed by atoms with Gasteiger partial charge in [-0.3, -0.25) is 9.56 Å². The largest absolute Gasteiger partial charge is 0.382 e. The van der Waals surface area contributed by atoms with Crippen LogP contribution in [0, 0.1) is 6.92 Å². The summed E-state index contributed by atoms with van der Waals surface area (Å²) in [5, 5.41) is 0. The van der Waals surface area contributed by atoms with Gasteiger partial charge in [-0.1, -0.05) is 48.5 Å². The number of imidazole rings is 1. The molecule has 108 valence electrons. The molecule has 2 aromatic carbocycles. The Hall–Kier alpha value is -2.88. The summed E-state index contributed by atoms with van der Waals surface area (Å²) in [5.74, 6) is 1.46. The third kappa shape index (κ3) is 1.84. The molecule has 0 fully saturated rings. The maximum Gasteiger partial charge on any atom is 0.145 e. The van der Waals surface area contributed by atoms with Gasteiger partial charge in [0.2, 0.25) is 0 Å². The van der Waals surface area contributed by atoms with Gasteiger partial charge in [0.1, 0.15) is 11.6 Å². The molecule has 0 unspecified atom stereocenters. The van der Waals surface area contributed by atoms with E-state index in [1.54, 1.807) is 0 Å². The van der Waals surface area contributed by atoms with Gasteiger partial charge in [-0.15, -0.1) is 0 Å². The second kappa shape index (κ2) is 4.84. The minimum atomic E-state index is 0.525. The van der Waals surface area contributed by atoms with E-state index in [0.717, 1.165) is 34.0 Å². The van der Waals surface area contributed by atoms with E-state index in [4.69, 9.17) is 10.7 Å². The summed E-state index contributed by atoms with van der Waals surface area (Å²) in [6, 6.07) is 18.5. The van der Waals surface area contributed by atoms with E-state index in [2.05, 4.69) is 33.8 Å². The molecule has 1 aliphatic rings. The van der Waals surface area contributed by atoms with Crippen LogP contribution in [0.4, 0.5) is 5.82 Å². The van der Waals surface area contributed by atoms with Crippen molar-refractivity contribution in [2.45, 2.75) is 13.5 Å². The van der Waals surface area contributed by atoms with E-state index in [0.29, 0.717) is 12.4 Å². The minimum absolute atomic E-state index is 0.525. The Balaban J connectivity index is 2.00. The fourth-order valence-electron chi connectivity index (χ4n) is 2.95. The van der Waals surface area contributed by atoms with Crippen molar-refractivity contribution in [1.29, 1.82) is 0 Å². The first kappa shape index (κ1) is 12.8. The summed E-state index contributed by atoms with van der Waals surface area (Å²) >= 11 is 0. The second-order valence-corrected chi connectivity index (χ2v) is 5.38. The van der Waals surface area contributed by atoms with E-state index < -0.39 is 0 Å². The average molecular weight is 288 g/mol. The third-order valence-electron chi connectivity index (χ3n) is 4.04. The number of hydrogen-bond acceptors (Lipinski definition) is 3. The summed E-state index contributed by atoms with van der Waals surface area (Å²) in [6.45, 7) is 2.52. The summed E-state index contributed by atoms with van der Waals surface area (Å²) in [6.07, 6.45) is 0. The van der Waals surface area contributed by atoms with Crippen LogP contribution in [0.2, 0.25) is 0 Å². The number of para-hydroxylation sites is 1. The molecule has 3 aromatic rings. The van der Waals surface area contributed by atoms with Crippen molar-refractivity contribution in [2.24, 2.45) is 4.99 Å². The quantitative estimate of drug-likeness (QED) is 0.748. The van der Waals surface area contributed by atoms with Crippen LogP contribution in [-0.4, -0.2) is 15.3 Å². The van der Waals surface area contributed by atoms with Gasteiger partial charge in [-0.25, -0.2) is 4.98 Å². The van der Waals surface area contributed by atoms with E-state index in [-0.39, 0.29) is 0 Å². The summed E-state index contributed by atoms with van der Waals surface area (Å²) in [7, 11) is 0. The molecule has 0 atom stereocenters. The number of benzene rings is 2. The molecule has 0 bridgehead atoms. The lowest BCUT2D eigenvalue weighted by molar-refractivity contribution is 0.863. The lowest BCUT2D eigenvalue weighted by Crippen LogP contribution is -2.08. The molecule has 4 heteroatoms. The summed E-state index contributed by atoms with van der Waals surface area (Å²) in [4.78, 5) is 9.28. The SMILES string of the molecule is Cc1c(N)nc2n1-c1ccccc1C(c1ccccc1)=NC2. The molecular weight excluding hydrogens is 272 g/mol. The Morgan fingerprint density at radius 3 is 2.55 bits per heavy atom. The number of hydrogen-bond donors (Lipinski definition) is 1. The van der Waals surface area contributed by atoms with Gasteiger partial charge in [-0.2, -0.15) is 0 Å². The zero-order valence-corrected chi connectivity index (χ0v) is 12.3. The topological polar surface area (TPSA) is 56.2 Å². The van der Waals surface area contributed by atoms with Gasteiger partial charge < -0.3 is 5.73 Å². The van der Waals surface area contributed by atoms with Crippen LogP contribution in [0.5, 0.6) is 0 Å². The highest BCUT2D eigenvalue weighted by Gasteiger charge is 2.21. The first-order valence-electron chi connectivity index (χ1n) is 7.29. The smallest absolute Gasteiger partial charge is 0.145 e. The number of rotatable bonds is 1. The highest BCUT2D eigenvalue weighted by molar-refractivity contribution is 6.15. The van der Waals surface area contributed by atoms with Gasteiger partial charge in [0.15, 0.2) is 0 Å². The van der Waals surface area contributed by atoms with Crippen molar-refractivity contribution in [3.63, 3.8) is 0 Å². The summed E-state index contributed by atoms with van der Waals surface area (Å²) < 4.78 is 2.12. The Bertz CT molecular complexity index is 875. The molecule has 0 saturated carbocycles. The van der Waals surface area contributed by atoms with Crippen LogP contribution in [0.25, 0.3) is 5.69 Å². The lowest BCUT2D eigenvalue weighted by atomic mass is 10.0. The van der Waals surface area contributed by atoms with Crippen LogP contribution in [0.15, 0.2) is 59.6 Å². The fourth-order valence-corrected chi connectivity index (χ4v) is 2.95. The monoisotopic (exact) mass is 288 g/mol. The highest BCUT2D eigenvalue weighted by Crippen LogP contribution is 2.28. The molecular formula is C18H16N4. The van der Waals surface area contributed by atoms with Crippen LogP contribution in [0.1, 0.15) is 22.6 Å². The van der Waals surface area contributed by atoms with Gasteiger partial charge in [-0.05, 0) is 13.0 Å². The average Bonchev–Trinajstić information content (AvgIpc) is 2.75. The van der Waals surface area contributed by atoms with Crippen LogP contribution in [-0.2, 0) is 6.54 Å². The molecule has 4 rings (SSSR count). The van der Waals surface area contributed by atoms with E-state index in [1.807, 2.05) is 37.3 Å². The molecule has 0 amide bonds. The van der Waals surface area contributed by atoms with E-state index in [9.17, 15) is 0 Å². The van der Waals surface area contributed by atoms with Crippen molar-refractivity contribution < 1.29 is 0 Å². The third-order valence-corrected chi connectivity index (χ3v) is 4.04. The molecule has 22 heavy (non-hydrogen) atoms. The number of nitrogens with zero attached hydrogens (tertiary/aromatic N) is 3. The first-order valence-corrected chi connectivity index (χ1v) is 7.29. The number of anilines is 1. The molecule has 0 aliphatic carbocycles. The Labute approximate surface area is 129 Å². The number of nitrogens with two attached hydrogens (primary N) is 1. The normalized spacial score (nSPS) is 13.0. The molecule has 2 N–H and O–H groups in total. The predicted molar refractivity (Wildman–Crippen MR) is 88.5 cm³/mol. The van der Waals surface area contributed by atoms with E-state index in [1.165, 1.54) is 0 Å². The summed E-state index contributed by atoms with van der Waals surface area (Å²) in [5.41, 5.74) is 11.3. The van der Waals surface area contributed by atoms with Crippen molar-refractivity contribution in [3.8, 4) is 5.69 Å². The number of nitrogen functional groups attached to an aromatic ring is 1. The highest BCUT2D eigenvalue weighted by atomic mass is 15.1. The Kier molecular flexibility index (Phi) is 2.82. The number of fused-ring (bicyclic) bond motifs is 3. The molecule has 0 spiro atoms. The van der Waals surface area contributed by atoms with Gasteiger partial charge in [0, 0.05) is 11.1 Å². The van der Waals surface area contributed by atoms with Crippen LogP contribution >= 0.6 is 0 Å². The number of aromatic nitrogens is 2. The predicted octanol–water partition coefficient (Wildman–Crippen LogP) is 3.11. The van der Waals surface area contributed by atoms with Crippen LogP contribution in [0.3, 0.4) is 0 Å². The van der Waals surface area contributed by atoms with Crippen LogP contribution < -0.4 is 5.73 Å². The standard InChI is InChI=1S/C18H16N4/c1-12-18(19)21-16-11-20-17(13-7-3-2-4-8-13)14-9-5-6-10-15(14)22(12)16/h2-10H,11,19H2,1H3. The number of aliphatic imine (C=N–C) groups is 1.